The first-order valence-corrected chi connectivity index (χ1v) is 6.81. The largest absolute Gasteiger partial charge is 0.497 e. The zero-order valence-electron chi connectivity index (χ0n) is 12.8. The van der Waals surface area contributed by atoms with E-state index in [1.807, 2.05) is 6.07 Å². The number of nitrogens with zero attached hydrogens (tertiary/aromatic N) is 1. The molecule has 0 bridgehead atoms. The van der Waals surface area contributed by atoms with Crippen LogP contribution in [0.4, 0.5) is 5.69 Å². The first kappa shape index (κ1) is 16.2. The molecule has 6 nitrogen and oxygen atoms in total. The molecule has 0 aliphatic heterocycles. The standard InChI is InChI=1S/C17H16N2O4/c1-21-14-7-13(8-15(9-14)22-2)19-17(20)11-23-16-6-4-3-5-12(16)10-18/h3-9H,11H2,1-2H3,(H,19,20). The van der Waals surface area contributed by atoms with Crippen LogP contribution in [0.15, 0.2) is 42.5 Å². The molecule has 0 heterocycles. The van der Waals surface area contributed by atoms with Crippen LogP contribution < -0.4 is 19.5 Å². The Morgan fingerprint density at radius 3 is 2.39 bits per heavy atom. The molecule has 2 aromatic rings. The van der Waals surface area contributed by atoms with Crippen molar-refractivity contribution in [2.75, 3.05) is 26.1 Å². The highest BCUT2D eigenvalue weighted by Crippen LogP contribution is 2.25. The van der Waals surface area contributed by atoms with Crippen LogP contribution in [-0.2, 0) is 4.79 Å². The van der Waals surface area contributed by atoms with Crippen LogP contribution >= 0.6 is 0 Å². The maximum atomic E-state index is 12.0. The summed E-state index contributed by atoms with van der Waals surface area (Å²) < 4.78 is 15.7. The summed E-state index contributed by atoms with van der Waals surface area (Å²) in [5.41, 5.74) is 0.909. The minimum absolute atomic E-state index is 0.210. The molecule has 2 rings (SSSR count). The molecular weight excluding hydrogens is 296 g/mol. The Labute approximate surface area is 134 Å². The fraction of sp³-hybridized carbons (Fsp3) is 0.176. The molecule has 0 atom stereocenters. The molecule has 0 aromatic heterocycles. The second-order valence-corrected chi connectivity index (χ2v) is 4.55. The van der Waals surface area contributed by atoms with Crippen molar-refractivity contribution < 1.29 is 19.0 Å². The van der Waals surface area contributed by atoms with E-state index in [2.05, 4.69) is 5.32 Å². The van der Waals surface area contributed by atoms with E-state index in [0.29, 0.717) is 28.5 Å². The van der Waals surface area contributed by atoms with Gasteiger partial charge >= 0.3 is 0 Å². The fourth-order valence-corrected chi connectivity index (χ4v) is 1.90. The smallest absolute Gasteiger partial charge is 0.262 e. The Bertz CT molecular complexity index is 715. The Morgan fingerprint density at radius 2 is 1.78 bits per heavy atom. The molecule has 0 spiro atoms. The number of hydrogen-bond donors (Lipinski definition) is 1. The van der Waals surface area contributed by atoms with Crippen molar-refractivity contribution in [2.45, 2.75) is 0 Å². The summed E-state index contributed by atoms with van der Waals surface area (Å²) in [4.78, 5) is 12.0. The number of anilines is 1. The number of carbonyl (C=O) groups is 1. The number of nitriles is 1. The maximum absolute atomic E-state index is 12.0. The van der Waals surface area contributed by atoms with Crippen LogP contribution in [0.25, 0.3) is 0 Å². The van der Waals surface area contributed by atoms with Gasteiger partial charge in [-0.3, -0.25) is 4.79 Å². The van der Waals surface area contributed by atoms with Gasteiger partial charge in [0, 0.05) is 23.9 Å². The lowest BCUT2D eigenvalue weighted by molar-refractivity contribution is -0.118. The van der Waals surface area contributed by atoms with Gasteiger partial charge in [-0.1, -0.05) is 12.1 Å². The number of methoxy groups -OCH3 is 2. The average Bonchev–Trinajstić information content (AvgIpc) is 2.59. The topological polar surface area (TPSA) is 80.6 Å². The highest BCUT2D eigenvalue weighted by Gasteiger charge is 2.08. The molecule has 1 N–H and O–H groups in total. The lowest BCUT2D eigenvalue weighted by Crippen LogP contribution is -2.20. The van der Waals surface area contributed by atoms with Crippen LogP contribution in [0.3, 0.4) is 0 Å². The molecule has 0 unspecified atom stereocenters. The molecule has 2 aromatic carbocycles. The average molecular weight is 312 g/mol. The van der Waals surface area contributed by atoms with Crippen LogP contribution in [0, 0.1) is 11.3 Å². The van der Waals surface area contributed by atoms with Crippen molar-refractivity contribution >= 4 is 11.6 Å². The zero-order chi connectivity index (χ0) is 16.7. The molecule has 1 amide bonds. The third kappa shape index (κ3) is 4.38. The summed E-state index contributed by atoms with van der Waals surface area (Å²) in [7, 11) is 3.06. The van der Waals surface area contributed by atoms with E-state index in [1.165, 1.54) is 14.2 Å². The lowest BCUT2D eigenvalue weighted by Gasteiger charge is -2.11. The van der Waals surface area contributed by atoms with Gasteiger partial charge in [0.1, 0.15) is 23.3 Å². The van der Waals surface area contributed by atoms with Crippen molar-refractivity contribution in [3.63, 3.8) is 0 Å². The van der Waals surface area contributed by atoms with Crippen LogP contribution in [0.1, 0.15) is 5.56 Å². The second kappa shape index (κ2) is 7.71. The zero-order valence-corrected chi connectivity index (χ0v) is 12.8. The normalized spacial score (nSPS) is 9.61. The van der Waals surface area contributed by atoms with Crippen LogP contribution in [0.2, 0.25) is 0 Å². The minimum Gasteiger partial charge on any atom is -0.497 e. The minimum atomic E-state index is -0.354. The van der Waals surface area contributed by atoms with E-state index >= 15 is 0 Å². The molecule has 0 radical (unpaired) electrons. The number of rotatable bonds is 6. The number of ether oxygens (including phenoxy) is 3. The lowest BCUT2D eigenvalue weighted by atomic mass is 10.2. The van der Waals surface area contributed by atoms with Crippen molar-refractivity contribution in [3.05, 3.63) is 48.0 Å². The molecule has 0 aliphatic carbocycles. The summed E-state index contributed by atoms with van der Waals surface area (Å²) in [6, 6.07) is 13.8. The van der Waals surface area contributed by atoms with E-state index in [-0.39, 0.29) is 12.5 Å². The number of nitrogens with one attached hydrogen (secondary N) is 1. The highest BCUT2D eigenvalue weighted by atomic mass is 16.5. The Hall–Kier alpha value is -3.20. The molecule has 0 aliphatic rings. The van der Waals surface area contributed by atoms with Crippen molar-refractivity contribution in [2.24, 2.45) is 0 Å². The third-order valence-corrected chi connectivity index (χ3v) is 3.00. The van der Waals surface area contributed by atoms with Gasteiger partial charge in [0.15, 0.2) is 6.61 Å². The molecule has 6 heteroatoms. The summed E-state index contributed by atoms with van der Waals surface area (Å²) in [6.45, 7) is -0.210. The van der Waals surface area contributed by atoms with Gasteiger partial charge < -0.3 is 19.5 Å². The Kier molecular flexibility index (Phi) is 5.42. The number of para-hydroxylation sites is 1. The Morgan fingerprint density at radius 1 is 1.13 bits per heavy atom. The number of hydrogen-bond acceptors (Lipinski definition) is 5. The van der Waals surface area contributed by atoms with Crippen LogP contribution in [-0.4, -0.2) is 26.7 Å². The van der Waals surface area contributed by atoms with Gasteiger partial charge in [-0.25, -0.2) is 0 Å². The predicted molar refractivity (Wildman–Crippen MR) is 84.8 cm³/mol. The van der Waals surface area contributed by atoms with Crippen molar-refractivity contribution in [3.8, 4) is 23.3 Å². The van der Waals surface area contributed by atoms with Crippen LogP contribution in [0.5, 0.6) is 17.2 Å². The molecule has 23 heavy (non-hydrogen) atoms. The number of benzene rings is 2. The summed E-state index contributed by atoms with van der Waals surface area (Å²) in [6.07, 6.45) is 0. The quantitative estimate of drug-likeness (QED) is 0.886. The van der Waals surface area contributed by atoms with Crippen molar-refractivity contribution in [1.82, 2.24) is 0 Å². The summed E-state index contributed by atoms with van der Waals surface area (Å²) in [5, 5.41) is 11.7. The first-order chi connectivity index (χ1) is 11.2. The van der Waals surface area contributed by atoms with Gasteiger partial charge in [0.05, 0.1) is 19.8 Å². The van der Waals surface area contributed by atoms with Gasteiger partial charge in [-0.2, -0.15) is 5.26 Å². The molecule has 118 valence electrons. The van der Waals surface area contributed by atoms with E-state index in [4.69, 9.17) is 19.5 Å². The fourth-order valence-electron chi connectivity index (χ4n) is 1.90. The van der Waals surface area contributed by atoms with E-state index < -0.39 is 0 Å². The van der Waals surface area contributed by atoms with Gasteiger partial charge in [-0.15, -0.1) is 0 Å². The highest BCUT2D eigenvalue weighted by molar-refractivity contribution is 5.92. The number of carbonyl (C=O) groups excluding carboxylic acids is 1. The summed E-state index contributed by atoms with van der Waals surface area (Å²) >= 11 is 0. The Balaban J connectivity index is 2.01. The van der Waals surface area contributed by atoms with Gasteiger partial charge in [-0.05, 0) is 12.1 Å². The second-order valence-electron chi connectivity index (χ2n) is 4.55. The summed E-state index contributed by atoms with van der Waals surface area (Å²) in [5.74, 6) is 1.15. The third-order valence-electron chi connectivity index (χ3n) is 3.00. The van der Waals surface area contributed by atoms with Gasteiger partial charge in [0.25, 0.3) is 5.91 Å². The predicted octanol–water partition coefficient (Wildman–Crippen LogP) is 2.59. The maximum Gasteiger partial charge on any atom is 0.262 e. The number of amides is 1. The SMILES string of the molecule is COc1cc(NC(=O)COc2ccccc2C#N)cc(OC)c1. The van der Waals surface area contributed by atoms with E-state index in [9.17, 15) is 4.79 Å². The van der Waals surface area contributed by atoms with E-state index in [0.717, 1.165) is 0 Å². The molecule has 0 saturated heterocycles. The molecular formula is C17H16N2O4. The molecule has 0 saturated carbocycles. The van der Waals surface area contributed by atoms with Gasteiger partial charge in [0.2, 0.25) is 0 Å². The molecule has 0 fully saturated rings. The van der Waals surface area contributed by atoms with Crippen molar-refractivity contribution in [1.29, 1.82) is 5.26 Å². The first-order valence-electron chi connectivity index (χ1n) is 6.81. The van der Waals surface area contributed by atoms with E-state index in [1.54, 1.807) is 42.5 Å². The monoisotopic (exact) mass is 312 g/mol.